The molecule has 0 atom stereocenters. The van der Waals surface area contributed by atoms with Crippen molar-refractivity contribution in [2.45, 2.75) is 27.3 Å². The maximum atomic E-state index is 11.3. The molecule has 1 aromatic heterocycles. The number of aromatic nitrogens is 1. The molecule has 8 heteroatoms. The van der Waals surface area contributed by atoms with Crippen molar-refractivity contribution in [2.24, 2.45) is 4.99 Å². The predicted octanol–water partition coefficient (Wildman–Crippen LogP) is 1.15. The molecule has 1 N–H and O–H groups in total. The Morgan fingerprint density at radius 1 is 1.27 bits per heavy atom. The Kier molecular flexibility index (Phi) is 7.11. The molecule has 0 aliphatic carbocycles. The minimum absolute atomic E-state index is 0. The van der Waals surface area contributed by atoms with Gasteiger partial charge in [0.15, 0.2) is 5.96 Å². The smallest absolute Gasteiger partial charge is 0.219 e. The Bertz CT molecular complexity index is 516. The Balaban J connectivity index is 0.00000242. The molecular formula is C14H24IN5O2. The lowest BCUT2D eigenvalue weighted by molar-refractivity contribution is -0.130. The number of guanidine groups is 1. The van der Waals surface area contributed by atoms with Crippen LogP contribution in [0.15, 0.2) is 9.52 Å². The third-order valence-corrected chi connectivity index (χ3v) is 3.84. The average molecular weight is 421 g/mol. The van der Waals surface area contributed by atoms with Crippen molar-refractivity contribution in [2.75, 3.05) is 33.2 Å². The molecular weight excluding hydrogens is 397 g/mol. The molecule has 1 fully saturated rings. The number of nitrogens with one attached hydrogen (secondary N) is 1. The molecule has 2 rings (SSSR count). The summed E-state index contributed by atoms with van der Waals surface area (Å²) in [6.07, 6.45) is 0. The summed E-state index contributed by atoms with van der Waals surface area (Å²) in [5.74, 6) is 1.81. The minimum atomic E-state index is 0. The van der Waals surface area contributed by atoms with Gasteiger partial charge < -0.3 is 19.6 Å². The van der Waals surface area contributed by atoms with Crippen LogP contribution < -0.4 is 5.32 Å². The highest BCUT2D eigenvalue weighted by Gasteiger charge is 2.21. The monoisotopic (exact) mass is 421 g/mol. The number of aryl methyl sites for hydroxylation is 2. The number of amides is 1. The third-order valence-electron chi connectivity index (χ3n) is 3.84. The molecule has 0 spiro atoms. The first kappa shape index (κ1) is 18.7. The van der Waals surface area contributed by atoms with Gasteiger partial charge in [0.05, 0.1) is 5.69 Å². The van der Waals surface area contributed by atoms with E-state index in [1.165, 1.54) is 0 Å². The summed E-state index contributed by atoms with van der Waals surface area (Å²) in [6, 6.07) is 0. The van der Waals surface area contributed by atoms with E-state index in [1.807, 2.05) is 18.7 Å². The van der Waals surface area contributed by atoms with E-state index < -0.39 is 0 Å². The van der Waals surface area contributed by atoms with Gasteiger partial charge in [-0.25, -0.2) is 0 Å². The SMILES string of the molecule is CN=C(NCc1c(C)noc1C)N1CCN(C(C)=O)CC1.I. The summed E-state index contributed by atoms with van der Waals surface area (Å²) in [4.78, 5) is 19.7. The van der Waals surface area contributed by atoms with Crippen LogP contribution in [-0.2, 0) is 11.3 Å². The molecule has 0 aromatic carbocycles. The third kappa shape index (κ3) is 4.34. The zero-order valence-corrected chi connectivity index (χ0v) is 15.9. The topological polar surface area (TPSA) is 74.0 Å². The van der Waals surface area contributed by atoms with Crippen molar-refractivity contribution < 1.29 is 9.32 Å². The lowest BCUT2D eigenvalue weighted by Gasteiger charge is -2.36. The van der Waals surface area contributed by atoms with Gasteiger partial charge in [-0.1, -0.05) is 5.16 Å². The van der Waals surface area contributed by atoms with Crippen molar-refractivity contribution in [3.05, 3.63) is 17.0 Å². The molecule has 1 aromatic rings. The summed E-state index contributed by atoms with van der Waals surface area (Å²) in [6.45, 7) is 9.15. The highest BCUT2D eigenvalue weighted by atomic mass is 127. The standard InChI is InChI=1S/C14H23N5O2.HI/c1-10-13(11(2)21-17-10)9-16-14(15-4)19-7-5-18(6-8-19)12(3)20;/h5-9H2,1-4H3,(H,15,16);1H. The fraction of sp³-hybridized carbons (Fsp3) is 0.643. The number of piperazine rings is 1. The molecule has 22 heavy (non-hydrogen) atoms. The van der Waals surface area contributed by atoms with E-state index in [9.17, 15) is 4.79 Å². The zero-order valence-electron chi connectivity index (χ0n) is 13.5. The number of hydrogen-bond donors (Lipinski definition) is 1. The predicted molar refractivity (Wildman–Crippen MR) is 95.4 cm³/mol. The highest BCUT2D eigenvalue weighted by molar-refractivity contribution is 14.0. The van der Waals surface area contributed by atoms with Gasteiger partial charge in [-0.3, -0.25) is 9.79 Å². The molecule has 1 aliphatic heterocycles. The molecule has 0 saturated carbocycles. The van der Waals surface area contributed by atoms with Crippen LogP contribution in [0.4, 0.5) is 0 Å². The average Bonchev–Trinajstić information content (AvgIpc) is 2.80. The number of carbonyl (C=O) groups is 1. The van der Waals surface area contributed by atoms with E-state index in [2.05, 4.69) is 20.4 Å². The molecule has 1 amide bonds. The van der Waals surface area contributed by atoms with Crippen molar-refractivity contribution in [3.8, 4) is 0 Å². The quantitative estimate of drug-likeness (QED) is 0.441. The first-order valence-corrected chi connectivity index (χ1v) is 7.15. The summed E-state index contributed by atoms with van der Waals surface area (Å²) in [5, 5.41) is 7.29. The number of rotatable bonds is 2. The number of nitrogens with zero attached hydrogens (tertiary/aromatic N) is 4. The minimum Gasteiger partial charge on any atom is -0.361 e. The number of halogens is 1. The molecule has 124 valence electrons. The van der Waals surface area contributed by atoms with Crippen molar-refractivity contribution in [3.63, 3.8) is 0 Å². The summed E-state index contributed by atoms with van der Waals surface area (Å²) < 4.78 is 5.16. The van der Waals surface area contributed by atoms with Gasteiger partial charge in [0.2, 0.25) is 5.91 Å². The number of hydrogen-bond acceptors (Lipinski definition) is 4. The van der Waals surface area contributed by atoms with Gasteiger partial charge in [-0.15, -0.1) is 24.0 Å². The number of carbonyl (C=O) groups excluding carboxylic acids is 1. The first-order valence-electron chi connectivity index (χ1n) is 7.15. The van der Waals surface area contributed by atoms with Gasteiger partial charge in [-0.2, -0.15) is 0 Å². The second-order valence-corrected chi connectivity index (χ2v) is 5.20. The Morgan fingerprint density at radius 3 is 2.32 bits per heavy atom. The summed E-state index contributed by atoms with van der Waals surface area (Å²) in [5.41, 5.74) is 1.97. The molecule has 7 nitrogen and oxygen atoms in total. The van der Waals surface area contributed by atoms with Crippen molar-refractivity contribution in [1.29, 1.82) is 0 Å². The van der Waals surface area contributed by atoms with Crippen LogP contribution in [0, 0.1) is 13.8 Å². The van der Waals surface area contributed by atoms with Crippen LogP contribution in [0.1, 0.15) is 23.9 Å². The van der Waals surface area contributed by atoms with E-state index >= 15 is 0 Å². The molecule has 0 unspecified atom stereocenters. The lowest BCUT2D eigenvalue weighted by Crippen LogP contribution is -2.53. The van der Waals surface area contributed by atoms with Gasteiger partial charge in [0.25, 0.3) is 0 Å². The van der Waals surface area contributed by atoms with E-state index in [0.29, 0.717) is 6.54 Å². The van der Waals surface area contributed by atoms with Crippen LogP contribution in [0.3, 0.4) is 0 Å². The Morgan fingerprint density at radius 2 is 1.86 bits per heavy atom. The largest absolute Gasteiger partial charge is 0.361 e. The summed E-state index contributed by atoms with van der Waals surface area (Å²) >= 11 is 0. The van der Waals surface area contributed by atoms with Gasteiger partial charge >= 0.3 is 0 Å². The molecule has 1 aliphatic rings. The van der Waals surface area contributed by atoms with E-state index in [1.54, 1.807) is 14.0 Å². The lowest BCUT2D eigenvalue weighted by atomic mass is 10.2. The molecule has 1 saturated heterocycles. The summed E-state index contributed by atoms with van der Waals surface area (Å²) in [7, 11) is 1.77. The Labute approximate surface area is 148 Å². The van der Waals surface area contributed by atoms with Crippen LogP contribution in [-0.4, -0.2) is 60.0 Å². The fourth-order valence-electron chi connectivity index (χ4n) is 2.49. The first-order chi connectivity index (χ1) is 10.0. The molecule has 2 heterocycles. The van der Waals surface area contributed by atoms with Gasteiger partial charge in [-0.05, 0) is 13.8 Å². The highest BCUT2D eigenvalue weighted by Crippen LogP contribution is 2.12. The second-order valence-electron chi connectivity index (χ2n) is 5.20. The van der Waals surface area contributed by atoms with E-state index in [0.717, 1.165) is 49.2 Å². The van der Waals surface area contributed by atoms with Crippen LogP contribution >= 0.6 is 24.0 Å². The Hall–Kier alpha value is -1.32. The van der Waals surface area contributed by atoms with Crippen LogP contribution in [0.5, 0.6) is 0 Å². The normalized spacial score (nSPS) is 15.5. The van der Waals surface area contributed by atoms with Crippen LogP contribution in [0.25, 0.3) is 0 Å². The fourth-order valence-corrected chi connectivity index (χ4v) is 2.49. The van der Waals surface area contributed by atoms with Crippen molar-refractivity contribution >= 4 is 35.8 Å². The number of aliphatic imine (C=N–C) groups is 1. The molecule has 0 radical (unpaired) electrons. The van der Waals surface area contributed by atoms with Gasteiger partial charge in [0.1, 0.15) is 5.76 Å². The second kappa shape index (κ2) is 8.35. The molecule has 0 bridgehead atoms. The van der Waals surface area contributed by atoms with Gasteiger partial charge in [0, 0.05) is 52.3 Å². The van der Waals surface area contributed by atoms with E-state index in [4.69, 9.17) is 4.52 Å². The van der Waals surface area contributed by atoms with E-state index in [-0.39, 0.29) is 29.9 Å². The maximum Gasteiger partial charge on any atom is 0.219 e. The van der Waals surface area contributed by atoms with Crippen LogP contribution in [0.2, 0.25) is 0 Å². The zero-order chi connectivity index (χ0) is 15.4. The maximum absolute atomic E-state index is 11.3. The van der Waals surface area contributed by atoms with Crippen molar-refractivity contribution in [1.82, 2.24) is 20.3 Å².